The molecule has 2 aliphatic heterocycles. The predicted octanol–water partition coefficient (Wildman–Crippen LogP) is 2.03. The van der Waals surface area contributed by atoms with Crippen molar-refractivity contribution in [1.29, 1.82) is 0 Å². The Bertz CT molecular complexity index is 948. The number of carbonyl (C=O) groups excluding carboxylic acids is 1. The van der Waals surface area contributed by atoms with E-state index in [1.807, 2.05) is 0 Å². The van der Waals surface area contributed by atoms with Crippen LogP contribution in [0, 0.1) is 5.82 Å². The van der Waals surface area contributed by atoms with Crippen LogP contribution in [0.5, 0.6) is 0 Å². The number of piperazine rings is 1. The van der Waals surface area contributed by atoms with Crippen LogP contribution in [-0.2, 0) is 9.84 Å². The van der Waals surface area contributed by atoms with E-state index in [1.54, 1.807) is 35.2 Å². The average Bonchev–Trinajstić information content (AvgIpc) is 3.28. The monoisotopic (exact) mass is 392 g/mol. The van der Waals surface area contributed by atoms with Crippen molar-refractivity contribution in [3.8, 4) is 11.3 Å². The molecule has 0 bridgehead atoms. The summed E-state index contributed by atoms with van der Waals surface area (Å²) in [6, 6.07) is 9.50. The van der Waals surface area contributed by atoms with Gasteiger partial charge in [-0.05, 0) is 30.7 Å². The first kappa shape index (κ1) is 18.2. The maximum atomic E-state index is 13.9. The van der Waals surface area contributed by atoms with E-state index in [0.29, 0.717) is 43.9 Å². The maximum absolute atomic E-state index is 13.9. The second kappa shape index (κ2) is 7.09. The Hall–Kier alpha value is -2.19. The van der Waals surface area contributed by atoms with E-state index < -0.39 is 15.7 Å². The van der Waals surface area contributed by atoms with E-state index >= 15 is 0 Å². The van der Waals surface area contributed by atoms with Crippen molar-refractivity contribution >= 4 is 15.7 Å². The Kier molecular flexibility index (Phi) is 4.77. The molecule has 1 unspecified atom stereocenters. The highest BCUT2D eigenvalue weighted by molar-refractivity contribution is 7.91. The van der Waals surface area contributed by atoms with Gasteiger partial charge in [0.25, 0.3) is 5.91 Å². The van der Waals surface area contributed by atoms with Gasteiger partial charge in [-0.2, -0.15) is 0 Å². The average molecular weight is 392 g/mol. The first-order valence-electron chi connectivity index (χ1n) is 9.01. The van der Waals surface area contributed by atoms with Gasteiger partial charge in [-0.1, -0.05) is 12.1 Å². The van der Waals surface area contributed by atoms with Gasteiger partial charge in [-0.15, -0.1) is 0 Å². The quantitative estimate of drug-likeness (QED) is 0.799. The third-order valence-electron chi connectivity index (χ3n) is 5.28. The molecule has 1 amide bonds. The highest BCUT2D eigenvalue weighted by atomic mass is 32.2. The van der Waals surface area contributed by atoms with E-state index in [1.165, 1.54) is 6.07 Å². The molecule has 4 rings (SSSR count). The van der Waals surface area contributed by atoms with Crippen LogP contribution in [0.15, 0.2) is 40.8 Å². The SMILES string of the molecule is O=C(c1ccc(-c2ccccc2F)o1)N1CCN(C2CCS(=O)(=O)C2)CC1. The summed E-state index contributed by atoms with van der Waals surface area (Å²) in [5.74, 6) is 0.353. The molecular weight excluding hydrogens is 371 g/mol. The lowest BCUT2D eigenvalue weighted by Gasteiger charge is -2.37. The molecule has 27 heavy (non-hydrogen) atoms. The number of rotatable bonds is 3. The van der Waals surface area contributed by atoms with Crippen molar-refractivity contribution in [3.63, 3.8) is 0 Å². The molecule has 144 valence electrons. The van der Waals surface area contributed by atoms with Crippen LogP contribution < -0.4 is 0 Å². The molecule has 1 aromatic heterocycles. The number of carbonyl (C=O) groups is 1. The summed E-state index contributed by atoms with van der Waals surface area (Å²) in [6.07, 6.45) is 0.667. The number of sulfone groups is 1. The molecule has 0 saturated carbocycles. The first-order valence-corrected chi connectivity index (χ1v) is 10.8. The van der Waals surface area contributed by atoms with Crippen LogP contribution in [0.25, 0.3) is 11.3 Å². The van der Waals surface area contributed by atoms with Gasteiger partial charge in [0.15, 0.2) is 15.6 Å². The minimum absolute atomic E-state index is 0.0588. The van der Waals surface area contributed by atoms with Crippen molar-refractivity contribution in [2.24, 2.45) is 0 Å². The van der Waals surface area contributed by atoms with Crippen molar-refractivity contribution in [1.82, 2.24) is 9.80 Å². The number of benzene rings is 1. The lowest BCUT2D eigenvalue weighted by molar-refractivity contribution is 0.0559. The topological polar surface area (TPSA) is 70.8 Å². The van der Waals surface area contributed by atoms with Crippen molar-refractivity contribution in [2.45, 2.75) is 12.5 Å². The van der Waals surface area contributed by atoms with E-state index in [9.17, 15) is 17.6 Å². The number of furan rings is 1. The lowest BCUT2D eigenvalue weighted by Crippen LogP contribution is -2.52. The molecule has 2 aliphatic rings. The maximum Gasteiger partial charge on any atom is 0.289 e. The van der Waals surface area contributed by atoms with Crippen LogP contribution in [-0.4, -0.2) is 67.9 Å². The summed E-state index contributed by atoms with van der Waals surface area (Å²) in [5, 5.41) is 0. The standard InChI is InChI=1S/C19H21FN2O4S/c20-16-4-2-1-3-15(16)17-5-6-18(26-17)19(23)22-10-8-21(9-11-22)14-7-12-27(24,25)13-14/h1-6,14H,7-13H2. The van der Waals surface area contributed by atoms with Gasteiger partial charge in [0.05, 0.1) is 17.1 Å². The highest BCUT2D eigenvalue weighted by Crippen LogP contribution is 2.26. The molecule has 6 nitrogen and oxygen atoms in total. The number of nitrogens with zero attached hydrogens (tertiary/aromatic N) is 2. The second-order valence-corrected chi connectivity index (χ2v) is 9.26. The number of hydrogen-bond donors (Lipinski definition) is 0. The molecular formula is C19H21FN2O4S. The van der Waals surface area contributed by atoms with E-state index in [4.69, 9.17) is 4.42 Å². The fourth-order valence-corrected chi connectivity index (χ4v) is 5.53. The zero-order valence-corrected chi connectivity index (χ0v) is 15.6. The smallest absolute Gasteiger partial charge is 0.289 e. The second-order valence-electron chi connectivity index (χ2n) is 7.03. The van der Waals surface area contributed by atoms with Gasteiger partial charge in [0.1, 0.15) is 11.6 Å². The van der Waals surface area contributed by atoms with Gasteiger partial charge in [-0.3, -0.25) is 9.69 Å². The summed E-state index contributed by atoms with van der Waals surface area (Å²) in [5.41, 5.74) is 0.323. The molecule has 0 aliphatic carbocycles. The van der Waals surface area contributed by atoms with Crippen molar-refractivity contribution in [3.05, 3.63) is 48.0 Å². The van der Waals surface area contributed by atoms with Crippen LogP contribution in [0.3, 0.4) is 0 Å². The molecule has 0 spiro atoms. The van der Waals surface area contributed by atoms with Crippen LogP contribution >= 0.6 is 0 Å². The van der Waals surface area contributed by atoms with Crippen LogP contribution in [0.1, 0.15) is 17.0 Å². The Morgan fingerprint density at radius 1 is 1.07 bits per heavy atom. The van der Waals surface area contributed by atoms with Crippen LogP contribution in [0.4, 0.5) is 4.39 Å². The molecule has 2 fully saturated rings. The fraction of sp³-hybridized carbons (Fsp3) is 0.421. The first-order chi connectivity index (χ1) is 12.9. The van der Waals surface area contributed by atoms with Crippen molar-refractivity contribution in [2.75, 3.05) is 37.7 Å². The van der Waals surface area contributed by atoms with E-state index in [-0.39, 0.29) is 29.2 Å². The Balaban J connectivity index is 1.40. The molecule has 0 N–H and O–H groups in total. The normalized spacial score (nSPS) is 22.9. The number of hydrogen-bond acceptors (Lipinski definition) is 5. The van der Waals surface area contributed by atoms with Gasteiger partial charge < -0.3 is 9.32 Å². The molecule has 0 radical (unpaired) electrons. The molecule has 8 heteroatoms. The summed E-state index contributed by atoms with van der Waals surface area (Å²) >= 11 is 0. The van der Waals surface area contributed by atoms with Gasteiger partial charge in [0, 0.05) is 32.2 Å². The Labute approximate surface area is 157 Å². The summed E-state index contributed by atoms with van der Waals surface area (Å²) in [4.78, 5) is 16.5. The molecule has 1 atom stereocenters. The van der Waals surface area contributed by atoms with Crippen molar-refractivity contribution < 1.29 is 22.0 Å². The lowest BCUT2D eigenvalue weighted by atomic mass is 10.1. The minimum Gasteiger partial charge on any atom is -0.451 e. The third-order valence-corrected chi connectivity index (χ3v) is 7.03. The predicted molar refractivity (Wildman–Crippen MR) is 98.6 cm³/mol. The Morgan fingerprint density at radius 2 is 1.81 bits per heavy atom. The zero-order valence-electron chi connectivity index (χ0n) is 14.8. The van der Waals surface area contributed by atoms with Crippen LogP contribution in [0.2, 0.25) is 0 Å². The fourth-order valence-electron chi connectivity index (χ4n) is 3.77. The zero-order chi connectivity index (χ0) is 19.0. The van der Waals surface area contributed by atoms with E-state index in [2.05, 4.69) is 4.90 Å². The largest absolute Gasteiger partial charge is 0.451 e. The number of halogens is 1. The highest BCUT2D eigenvalue weighted by Gasteiger charge is 2.34. The minimum atomic E-state index is -2.91. The summed E-state index contributed by atoms with van der Waals surface area (Å²) < 4.78 is 42.8. The van der Waals surface area contributed by atoms with E-state index in [0.717, 1.165) is 0 Å². The summed E-state index contributed by atoms with van der Waals surface area (Å²) in [6.45, 7) is 2.33. The molecule has 1 aromatic carbocycles. The molecule has 3 heterocycles. The van der Waals surface area contributed by atoms with Gasteiger partial charge >= 0.3 is 0 Å². The van der Waals surface area contributed by atoms with Gasteiger partial charge in [0.2, 0.25) is 0 Å². The van der Waals surface area contributed by atoms with Gasteiger partial charge in [-0.25, -0.2) is 12.8 Å². The summed E-state index contributed by atoms with van der Waals surface area (Å²) in [7, 11) is -2.91. The Morgan fingerprint density at radius 3 is 2.48 bits per heavy atom. The third kappa shape index (κ3) is 3.77. The number of amides is 1. The molecule has 2 aromatic rings. The molecule has 2 saturated heterocycles.